The van der Waals surface area contributed by atoms with Crippen molar-refractivity contribution < 1.29 is 23.9 Å². The van der Waals surface area contributed by atoms with Crippen molar-refractivity contribution in [3.8, 4) is 0 Å². The molecule has 0 bridgehead atoms. The minimum absolute atomic E-state index is 0.308. The Morgan fingerprint density at radius 3 is 2.45 bits per heavy atom. The lowest BCUT2D eigenvalue weighted by molar-refractivity contribution is -0.151. The van der Waals surface area contributed by atoms with Crippen LogP contribution >= 0.6 is 23.2 Å². The molecule has 3 rings (SSSR count). The van der Waals surface area contributed by atoms with E-state index in [0.29, 0.717) is 22.0 Å². The van der Waals surface area contributed by atoms with Crippen LogP contribution in [0.25, 0.3) is 0 Å². The van der Waals surface area contributed by atoms with Gasteiger partial charge in [-0.15, -0.1) is 0 Å². The first-order chi connectivity index (χ1) is 15.7. The minimum atomic E-state index is -1.24. The standard InChI is InChI=1S/C23H23Cl2N3O5/c1-3-23(16-7-5-4-6-8-16)21(31)28(22(32)27-23)12-20(30)33-13-19(29)26-14(2)15-9-10-17(24)18(25)11-15/h4-11,14H,3,12-13H2,1-2H3,(H,26,29)(H,27,32). The van der Waals surface area contributed by atoms with Crippen LogP contribution in [-0.2, 0) is 24.7 Å². The molecule has 2 unspecified atom stereocenters. The lowest BCUT2D eigenvalue weighted by atomic mass is 9.87. The number of halogens is 2. The van der Waals surface area contributed by atoms with Gasteiger partial charge in [-0.2, -0.15) is 0 Å². The van der Waals surface area contributed by atoms with E-state index in [2.05, 4.69) is 10.6 Å². The molecule has 4 amide bonds. The summed E-state index contributed by atoms with van der Waals surface area (Å²) in [5.41, 5.74) is 0.100. The maximum Gasteiger partial charge on any atom is 0.326 e. The maximum atomic E-state index is 13.0. The molecule has 2 N–H and O–H groups in total. The normalized spacial score (nSPS) is 18.6. The number of urea groups is 1. The molecule has 0 aromatic heterocycles. The number of benzene rings is 2. The van der Waals surface area contributed by atoms with Gasteiger partial charge in [0.1, 0.15) is 12.1 Å². The van der Waals surface area contributed by atoms with Crippen molar-refractivity contribution in [2.24, 2.45) is 0 Å². The molecule has 174 valence electrons. The molecule has 1 aliphatic rings. The van der Waals surface area contributed by atoms with Crippen molar-refractivity contribution >= 4 is 47.0 Å². The molecular weight excluding hydrogens is 469 g/mol. The van der Waals surface area contributed by atoms with Crippen molar-refractivity contribution in [3.63, 3.8) is 0 Å². The van der Waals surface area contributed by atoms with E-state index in [1.165, 1.54) is 0 Å². The second kappa shape index (κ2) is 10.2. The van der Waals surface area contributed by atoms with Crippen LogP contribution in [-0.4, -0.2) is 41.9 Å². The summed E-state index contributed by atoms with van der Waals surface area (Å²) in [6.45, 7) is 2.34. The van der Waals surface area contributed by atoms with Crippen LogP contribution < -0.4 is 10.6 Å². The first kappa shape index (κ1) is 24.5. The number of carbonyl (C=O) groups excluding carboxylic acids is 4. The number of hydrogen-bond acceptors (Lipinski definition) is 5. The summed E-state index contributed by atoms with van der Waals surface area (Å²) < 4.78 is 4.98. The van der Waals surface area contributed by atoms with Crippen molar-refractivity contribution in [3.05, 3.63) is 69.7 Å². The molecule has 1 saturated heterocycles. The highest BCUT2D eigenvalue weighted by molar-refractivity contribution is 6.42. The summed E-state index contributed by atoms with van der Waals surface area (Å²) in [4.78, 5) is 50.7. The maximum absolute atomic E-state index is 13.0. The zero-order valence-corrected chi connectivity index (χ0v) is 19.6. The fourth-order valence-corrected chi connectivity index (χ4v) is 3.91. The molecular formula is C23H23Cl2N3O5. The van der Waals surface area contributed by atoms with Gasteiger partial charge in [-0.05, 0) is 36.6 Å². The van der Waals surface area contributed by atoms with Gasteiger partial charge in [0, 0.05) is 0 Å². The lowest BCUT2D eigenvalue weighted by Crippen LogP contribution is -2.44. The quantitative estimate of drug-likeness (QED) is 0.433. The zero-order chi connectivity index (χ0) is 24.2. The summed E-state index contributed by atoms with van der Waals surface area (Å²) in [5, 5.41) is 6.11. The molecule has 33 heavy (non-hydrogen) atoms. The summed E-state index contributed by atoms with van der Waals surface area (Å²) in [6, 6.07) is 12.7. The highest BCUT2D eigenvalue weighted by Gasteiger charge is 2.51. The topological polar surface area (TPSA) is 105 Å². The summed E-state index contributed by atoms with van der Waals surface area (Å²) >= 11 is 11.9. The van der Waals surface area contributed by atoms with Gasteiger partial charge in [-0.3, -0.25) is 19.3 Å². The largest absolute Gasteiger partial charge is 0.454 e. The Bertz CT molecular complexity index is 1080. The molecule has 1 heterocycles. The van der Waals surface area contributed by atoms with E-state index in [9.17, 15) is 19.2 Å². The highest BCUT2D eigenvalue weighted by atomic mass is 35.5. The van der Waals surface area contributed by atoms with Gasteiger partial charge in [0.15, 0.2) is 6.61 Å². The molecule has 2 atom stereocenters. The van der Waals surface area contributed by atoms with Gasteiger partial charge >= 0.3 is 12.0 Å². The first-order valence-corrected chi connectivity index (χ1v) is 11.0. The number of rotatable bonds is 8. The molecule has 2 aromatic rings. The van der Waals surface area contributed by atoms with E-state index in [4.69, 9.17) is 27.9 Å². The molecule has 0 aliphatic carbocycles. The first-order valence-electron chi connectivity index (χ1n) is 10.3. The van der Waals surface area contributed by atoms with E-state index < -0.39 is 48.5 Å². The van der Waals surface area contributed by atoms with E-state index in [0.717, 1.165) is 10.5 Å². The summed E-state index contributed by atoms with van der Waals surface area (Å²) in [5.74, 6) is -1.97. The number of ether oxygens (including phenoxy) is 1. The molecule has 8 nitrogen and oxygen atoms in total. The Hall–Kier alpha value is -3.10. The SMILES string of the molecule is CCC1(c2ccccc2)NC(=O)N(CC(=O)OCC(=O)NC(C)c2ccc(Cl)c(Cl)c2)C1=O. The predicted molar refractivity (Wildman–Crippen MR) is 123 cm³/mol. The summed E-state index contributed by atoms with van der Waals surface area (Å²) in [6.07, 6.45) is 0.308. The van der Waals surface area contributed by atoms with Gasteiger partial charge in [0.25, 0.3) is 11.8 Å². The molecule has 2 aromatic carbocycles. The average Bonchev–Trinajstić information content (AvgIpc) is 3.05. The molecule has 0 radical (unpaired) electrons. The van der Waals surface area contributed by atoms with E-state index in [1.807, 2.05) is 0 Å². The Kier molecular flexibility index (Phi) is 7.61. The number of nitrogens with zero attached hydrogens (tertiary/aromatic N) is 1. The van der Waals surface area contributed by atoms with Crippen LogP contribution in [0.3, 0.4) is 0 Å². The van der Waals surface area contributed by atoms with Gasteiger partial charge in [-0.1, -0.05) is 66.5 Å². The van der Waals surface area contributed by atoms with Gasteiger partial charge < -0.3 is 15.4 Å². The third-order valence-electron chi connectivity index (χ3n) is 5.45. The third-order valence-corrected chi connectivity index (χ3v) is 6.18. The van der Waals surface area contributed by atoms with E-state index >= 15 is 0 Å². The van der Waals surface area contributed by atoms with Gasteiger partial charge in [0.2, 0.25) is 0 Å². The van der Waals surface area contributed by atoms with Crippen molar-refractivity contribution in [1.82, 2.24) is 15.5 Å². The van der Waals surface area contributed by atoms with Crippen LogP contribution in [0, 0.1) is 0 Å². The highest BCUT2D eigenvalue weighted by Crippen LogP contribution is 2.32. The number of nitrogens with one attached hydrogen (secondary N) is 2. The molecule has 1 aliphatic heterocycles. The number of amides is 4. The lowest BCUT2D eigenvalue weighted by Gasteiger charge is -2.25. The van der Waals surface area contributed by atoms with E-state index in [-0.39, 0.29) is 0 Å². The number of hydrogen-bond donors (Lipinski definition) is 2. The molecule has 0 spiro atoms. The van der Waals surface area contributed by atoms with Crippen LogP contribution in [0.1, 0.15) is 37.4 Å². The van der Waals surface area contributed by atoms with E-state index in [1.54, 1.807) is 62.4 Å². The van der Waals surface area contributed by atoms with Crippen LogP contribution in [0.2, 0.25) is 10.0 Å². The van der Waals surface area contributed by atoms with Crippen LogP contribution in [0.15, 0.2) is 48.5 Å². The van der Waals surface area contributed by atoms with Gasteiger partial charge in [-0.25, -0.2) is 4.79 Å². The van der Waals surface area contributed by atoms with Gasteiger partial charge in [0.05, 0.1) is 16.1 Å². The Morgan fingerprint density at radius 1 is 1.12 bits per heavy atom. The Balaban J connectivity index is 1.56. The number of carbonyl (C=O) groups is 4. The second-order valence-corrected chi connectivity index (χ2v) is 8.38. The fourth-order valence-electron chi connectivity index (χ4n) is 3.60. The average molecular weight is 492 g/mol. The Labute approximate surface area is 201 Å². The monoisotopic (exact) mass is 491 g/mol. The third kappa shape index (κ3) is 5.29. The minimum Gasteiger partial charge on any atom is -0.454 e. The molecule has 1 fully saturated rings. The predicted octanol–water partition coefficient (Wildman–Crippen LogP) is 3.57. The van der Waals surface area contributed by atoms with Crippen molar-refractivity contribution in [1.29, 1.82) is 0 Å². The van der Waals surface area contributed by atoms with Crippen molar-refractivity contribution in [2.75, 3.05) is 13.2 Å². The van der Waals surface area contributed by atoms with Crippen molar-refractivity contribution in [2.45, 2.75) is 31.8 Å². The van der Waals surface area contributed by atoms with Crippen LogP contribution in [0.4, 0.5) is 4.79 Å². The number of esters is 1. The van der Waals surface area contributed by atoms with Crippen LogP contribution in [0.5, 0.6) is 0 Å². The fraction of sp³-hybridized carbons (Fsp3) is 0.304. The smallest absolute Gasteiger partial charge is 0.326 e. The number of imide groups is 1. The summed E-state index contributed by atoms with van der Waals surface area (Å²) in [7, 11) is 0. The molecule has 10 heteroatoms. The second-order valence-electron chi connectivity index (χ2n) is 7.57. The molecule has 0 saturated carbocycles. The Morgan fingerprint density at radius 2 is 1.82 bits per heavy atom. The zero-order valence-electron chi connectivity index (χ0n) is 18.1.